The van der Waals surface area contributed by atoms with Crippen LogP contribution >= 0.6 is 0 Å². The van der Waals surface area contributed by atoms with Gasteiger partial charge in [-0.2, -0.15) is 4.89 Å². The number of rotatable bonds is 5. The van der Waals surface area contributed by atoms with E-state index in [0.29, 0.717) is 16.9 Å². The van der Waals surface area contributed by atoms with E-state index in [2.05, 4.69) is 4.98 Å². The summed E-state index contributed by atoms with van der Waals surface area (Å²) in [5, 5.41) is 11.4. The van der Waals surface area contributed by atoms with Crippen LogP contribution in [0.2, 0.25) is 0 Å². The molecule has 0 spiro atoms. The van der Waals surface area contributed by atoms with Crippen molar-refractivity contribution in [3.63, 3.8) is 0 Å². The first-order valence-corrected chi connectivity index (χ1v) is 8.34. The topological polar surface area (TPSA) is 87.1 Å². The van der Waals surface area contributed by atoms with Gasteiger partial charge in [0.25, 0.3) is 5.79 Å². The van der Waals surface area contributed by atoms with E-state index in [9.17, 15) is 9.90 Å². The number of hydrogen-bond acceptors (Lipinski definition) is 7. The Morgan fingerprint density at radius 3 is 2.70 bits per heavy atom. The summed E-state index contributed by atoms with van der Waals surface area (Å²) in [6.07, 6.45) is 5.20. The number of benzene rings is 1. The van der Waals surface area contributed by atoms with Gasteiger partial charge in [0.1, 0.15) is 17.9 Å². The zero-order valence-electron chi connectivity index (χ0n) is 14.5. The molecular weight excluding hydrogens is 350 g/mol. The summed E-state index contributed by atoms with van der Waals surface area (Å²) in [7, 11) is 1.55. The molecule has 7 heteroatoms. The molecule has 1 unspecified atom stereocenters. The van der Waals surface area contributed by atoms with Crippen molar-refractivity contribution in [2.45, 2.75) is 12.2 Å². The Morgan fingerprint density at radius 2 is 2.07 bits per heavy atom. The highest BCUT2D eigenvalue weighted by Gasteiger charge is 2.49. The SMILES string of the molecule is COc1ccc(C2(O)OC(=O)C(C3=CCOO3)=C2Cc2cccnc2)cc1. The van der Waals surface area contributed by atoms with Gasteiger partial charge in [-0.05, 0) is 42.0 Å². The van der Waals surface area contributed by atoms with Crippen LogP contribution < -0.4 is 4.74 Å². The maximum Gasteiger partial charge on any atom is 0.345 e. The summed E-state index contributed by atoms with van der Waals surface area (Å²) in [6.45, 7) is 0.216. The Balaban J connectivity index is 1.83. The van der Waals surface area contributed by atoms with Gasteiger partial charge in [0.05, 0.1) is 7.11 Å². The molecule has 0 aliphatic carbocycles. The van der Waals surface area contributed by atoms with Crippen molar-refractivity contribution in [2.75, 3.05) is 13.7 Å². The highest BCUT2D eigenvalue weighted by molar-refractivity contribution is 5.97. The summed E-state index contributed by atoms with van der Waals surface area (Å²) in [4.78, 5) is 26.7. The Morgan fingerprint density at radius 1 is 1.26 bits per heavy atom. The van der Waals surface area contributed by atoms with E-state index in [0.717, 1.165) is 5.56 Å². The zero-order valence-corrected chi connectivity index (χ0v) is 14.5. The number of hydrogen-bond donors (Lipinski definition) is 1. The van der Waals surface area contributed by atoms with E-state index in [-0.39, 0.29) is 24.4 Å². The van der Waals surface area contributed by atoms with E-state index in [1.54, 1.807) is 55.9 Å². The van der Waals surface area contributed by atoms with E-state index in [1.165, 1.54) is 0 Å². The molecule has 3 heterocycles. The smallest absolute Gasteiger partial charge is 0.345 e. The van der Waals surface area contributed by atoms with Gasteiger partial charge >= 0.3 is 5.97 Å². The van der Waals surface area contributed by atoms with Gasteiger partial charge in [-0.25, -0.2) is 4.79 Å². The molecule has 4 rings (SSSR count). The maximum absolute atomic E-state index is 12.6. The van der Waals surface area contributed by atoms with Gasteiger partial charge in [0.15, 0.2) is 5.76 Å². The molecule has 0 bridgehead atoms. The second-order valence-electron chi connectivity index (χ2n) is 6.09. The van der Waals surface area contributed by atoms with E-state index < -0.39 is 11.8 Å². The number of pyridine rings is 1. The number of carbonyl (C=O) groups is 1. The molecule has 27 heavy (non-hydrogen) atoms. The molecule has 0 amide bonds. The van der Waals surface area contributed by atoms with Gasteiger partial charge in [0.2, 0.25) is 0 Å². The van der Waals surface area contributed by atoms with Crippen molar-refractivity contribution in [1.82, 2.24) is 4.98 Å². The summed E-state index contributed by atoms with van der Waals surface area (Å²) < 4.78 is 10.6. The van der Waals surface area contributed by atoms with Crippen LogP contribution in [-0.4, -0.2) is 29.8 Å². The monoisotopic (exact) mass is 367 g/mol. The highest BCUT2D eigenvalue weighted by Crippen LogP contribution is 2.44. The molecule has 2 aromatic rings. The van der Waals surface area contributed by atoms with Gasteiger partial charge < -0.3 is 19.5 Å². The third-order valence-electron chi connectivity index (χ3n) is 4.47. The van der Waals surface area contributed by atoms with Crippen LogP contribution in [0.15, 0.2) is 71.8 Å². The molecule has 2 aliphatic rings. The number of esters is 1. The number of carbonyl (C=O) groups excluding carboxylic acids is 1. The summed E-state index contributed by atoms with van der Waals surface area (Å²) >= 11 is 0. The quantitative estimate of drug-likeness (QED) is 0.640. The minimum Gasteiger partial charge on any atom is -0.497 e. The lowest BCUT2D eigenvalue weighted by molar-refractivity contribution is -0.231. The zero-order chi connectivity index (χ0) is 18.9. The molecule has 138 valence electrons. The average Bonchev–Trinajstić information content (AvgIpc) is 3.30. The van der Waals surface area contributed by atoms with Crippen LogP contribution in [0.1, 0.15) is 11.1 Å². The van der Waals surface area contributed by atoms with Crippen LogP contribution in [0.4, 0.5) is 0 Å². The standard InChI is InChI=1S/C20H17NO6/c1-24-15-6-4-14(5-7-15)20(23)16(11-13-3-2-9-21-12-13)18(19(22)26-20)17-8-10-25-27-17/h2-9,12,23H,10-11H2,1H3. The van der Waals surface area contributed by atoms with Gasteiger partial charge in [0, 0.05) is 30.0 Å². The molecule has 0 saturated carbocycles. The van der Waals surface area contributed by atoms with E-state index in [4.69, 9.17) is 19.2 Å². The van der Waals surface area contributed by atoms with Crippen molar-refractivity contribution < 1.29 is 29.1 Å². The summed E-state index contributed by atoms with van der Waals surface area (Å²) in [5.74, 6) is -1.74. The molecule has 1 atom stereocenters. The van der Waals surface area contributed by atoms with Crippen LogP contribution in [0.25, 0.3) is 0 Å². The predicted molar refractivity (Wildman–Crippen MR) is 93.1 cm³/mol. The predicted octanol–water partition coefficient (Wildman–Crippen LogP) is 2.18. The average molecular weight is 367 g/mol. The highest BCUT2D eigenvalue weighted by atomic mass is 17.2. The first-order valence-electron chi connectivity index (χ1n) is 8.34. The lowest BCUT2D eigenvalue weighted by Crippen LogP contribution is -2.29. The molecule has 0 saturated heterocycles. The Hall–Kier alpha value is -3.16. The second kappa shape index (κ2) is 6.86. The van der Waals surface area contributed by atoms with Crippen molar-refractivity contribution in [1.29, 1.82) is 0 Å². The van der Waals surface area contributed by atoms with Gasteiger partial charge in [-0.1, -0.05) is 6.07 Å². The molecule has 1 aromatic carbocycles. The number of ether oxygens (including phenoxy) is 2. The van der Waals surface area contributed by atoms with Crippen molar-refractivity contribution in [2.24, 2.45) is 0 Å². The number of methoxy groups -OCH3 is 1. The van der Waals surface area contributed by atoms with E-state index in [1.807, 2.05) is 6.07 Å². The summed E-state index contributed by atoms with van der Waals surface area (Å²) in [6, 6.07) is 10.3. The van der Waals surface area contributed by atoms with Crippen LogP contribution in [0, 0.1) is 0 Å². The van der Waals surface area contributed by atoms with Crippen molar-refractivity contribution in [3.05, 3.63) is 82.9 Å². The molecule has 1 aromatic heterocycles. The number of aliphatic hydroxyl groups is 1. The third-order valence-corrected chi connectivity index (χ3v) is 4.47. The lowest BCUT2D eigenvalue weighted by Gasteiger charge is -2.25. The summed E-state index contributed by atoms with van der Waals surface area (Å²) in [5.41, 5.74) is 1.75. The molecule has 0 radical (unpaired) electrons. The second-order valence-corrected chi connectivity index (χ2v) is 6.09. The van der Waals surface area contributed by atoms with Crippen molar-refractivity contribution >= 4 is 5.97 Å². The molecular formula is C20H17NO6. The van der Waals surface area contributed by atoms with Crippen LogP contribution in [-0.2, 0) is 31.5 Å². The van der Waals surface area contributed by atoms with Crippen LogP contribution in [0.3, 0.4) is 0 Å². The fraction of sp³-hybridized carbons (Fsp3) is 0.200. The largest absolute Gasteiger partial charge is 0.497 e. The fourth-order valence-corrected chi connectivity index (χ4v) is 3.14. The van der Waals surface area contributed by atoms with Gasteiger partial charge in [-0.3, -0.25) is 4.98 Å². The fourth-order valence-electron chi connectivity index (χ4n) is 3.14. The normalized spacial score (nSPS) is 21.7. The maximum atomic E-state index is 12.6. The van der Waals surface area contributed by atoms with Crippen molar-refractivity contribution in [3.8, 4) is 5.75 Å². The molecule has 0 fully saturated rings. The van der Waals surface area contributed by atoms with Gasteiger partial charge in [-0.15, -0.1) is 0 Å². The minimum atomic E-state index is -1.93. The number of cyclic esters (lactones) is 1. The third kappa shape index (κ3) is 3.07. The Bertz CT molecular complexity index is 919. The van der Waals surface area contributed by atoms with Crippen LogP contribution in [0.5, 0.6) is 5.75 Å². The Labute approximate surface area is 155 Å². The molecule has 7 nitrogen and oxygen atoms in total. The molecule has 2 aliphatic heterocycles. The molecule has 1 N–H and O–H groups in total. The Kier molecular flexibility index (Phi) is 4.39. The number of nitrogens with zero attached hydrogens (tertiary/aromatic N) is 1. The first kappa shape index (κ1) is 17.3. The number of aromatic nitrogens is 1. The lowest BCUT2D eigenvalue weighted by atomic mass is 9.90. The minimum absolute atomic E-state index is 0.162. The first-order chi connectivity index (χ1) is 13.1. The van der Waals surface area contributed by atoms with E-state index >= 15 is 0 Å².